The van der Waals surface area contributed by atoms with Crippen molar-refractivity contribution in [2.45, 2.75) is 0 Å². The Morgan fingerprint density at radius 1 is 1.00 bits per heavy atom. The van der Waals surface area contributed by atoms with Crippen molar-refractivity contribution < 1.29 is 8.78 Å². The third kappa shape index (κ3) is 0.677. The SMILES string of the molecule is F[C]1[Si][C](F)[Si]1. The van der Waals surface area contributed by atoms with Crippen LogP contribution in [0.2, 0.25) is 0 Å². The van der Waals surface area contributed by atoms with Crippen molar-refractivity contribution in [2.24, 2.45) is 0 Å². The Morgan fingerprint density at radius 3 is 1.33 bits per heavy atom. The third-order valence-electron chi connectivity index (χ3n) is 0.439. The topological polar surface area (TPSA) is 0 Å². The quantitative estimate of drug-likeness (QED) is 0.400. The molecule has 30 valence electrons. The lowest BCUT2D eigenvalue weighted by molar-refractivity contribution is 0.580. The molecule has 0 N–H and O–H groups in total. The molecule has 0 amide bonds. The number of halogens is 2. The van der Waals surface area contributed by atoms with Gasteiger partial charge in [-0.2, -0.15) is 0 Å². The molecule has 1 fully saturated rings. The smallest absolute Gasteiger partial charge is 0.136 e. The van der Waals surface area contributed by atoms with Gasteiger partial charge in [-0.15, -0.1) is 0 Å². The van der Waals surface area contributed by atoms with Crippen molar-refractivity contribution in [3.63, 3.8) is 0 Å². The van der Waals surface area contributed by atoms with E-state index in [4.69, 9.17) is 0 Å². The van der Waals surface area contributed by atoms with E-state index in [0.29, 0.717) is 0 Å². The van der Waals surface area contributed by atoms with Crippen molar-refractivity contribution in [3.8, 4) is 0 Å². The van der Waals surface area contributed by atoms with Crippen LogP contribution in [0.4, 0.5) is 8.78 Å². The second-order valence-electron chi connectivity index (χ2n) is 0.878. The molecule has 0 atom stereocenters. The zero-order valence-electron chi connectivity index (χ0n) is 2.76. The second kappa shape index (κ2) is 1.42. The molecule has 1 saturated heterocycles. The number of hydrogen-bond donors (Lipinski definition) is 0. The molecule has 0 unspecified atom stereocenters. The van der Waals surface area contributed by atoms with Gasteiger partial charge in [0.2, 0.25) is 0 Å². The molecule has 0 spiro atoms. The molecular formula is C2F2Si2. The molecule has 0 saturated carbocycles. The average Bonchev–Trinajstić information content (AvgIpc) is 1.33. The fourth-order valence-electron chi connectivity index (χ4n) is 0.193. The first-order valence-corrected chi connectivity index (χ1v) is 3.38. The zero-order valence-corrected chi connectivity index (χ0v) is 4.76. The predicted octanol–water partition coefficient (Wildman–Crippen LogP) is 0.241. The van der Waals surface area contributed by atoms with Crippen molar-refractivity contribution in [1.29, 1.82) is 0 Å². The van der Waals surface area contributed by atoms with Crippen LogP contribution in [0.15, 0.2) is 0 Å². The first-order chi connectivity index (χ1) is 2.79. The largest absolute Gasteiger partial charge is 0.250 e. The Labute approximate surface area is 39.6 Å². The van der Waals surface area contributed by atoms with Crippen LogP contribution < -0.4 is 0 Å². The van der Waals surface area contributed by atoms with Gasteiger partial charge in [-0.05, 0) is 0 Å². The minimum Gasteiger partial charge on any atom is -0.250 e. The van der Waals surface area contributed by atoms with Gasteiger partial charge in [0, 0.05) is 0 Å². The lowest BCUT2D eigenvalue weighted by Gasteiger charge is -2.15. The molecule has 1 aliphatic heterocycles. The van der Waals surface area contributed by atoms with Gasteiger partial charge in [-0.3, -0.25) is 0 Å². The molecular weight excluding hydrogens is 118 g/mol. The van der Waals surface area contributed by atoms with Gasteiger partial charge in [0.15, 0.2) is 0 Å². The van der Waals surface area contributed by atoms with Gasteiger partial charge in [0.05, 0.1) is 0 Å². The van der Waals surface area contributed by atoms with E-state index in [9.17, 15) is 8.78 Å². The normalized spacial score (nSPS) is 27.0. The van der Waals surface area contributed by atoms with E-state index in [2.05, 4.69) is 0 Å². The summed E-state index contributed by atoms with van der Waals surface area (Å²) in [6.45, 7) is 0. The summed E-state index contributed by atoms with van der Waals surface area (Å²) in [6.07, 6.45) is 0. The van der Waals surface area contributed by atoms with Crippen molar-refractivity contribution in [2.75, 3.05) is 0 Å². The van der Waals surface area contributed by atoms with Crippen LogP contribution in [0.25, 0.3) is 0 Å². The minimum atomic E-state index is -0.219. The molecule has 1 heterocycles. The second-order valence-corrected chi connectivity index (χ2v) is 4.13. The van der Waals surface area contributed by atoms with Crippen LogP contribution in [0.3, 0.4) is 0 Å². The first-order valence-electron chi connectivity index (χ1n) is 1.38. The predicted molar refractivity (Wildman–Crippen MR) is 20.2 cm³/mol. The molecule has 1 rings (SSSR count). The summed E-state index contributed by atoms with van der Waals surface area (Å²) >= 11 is 0. The highest BCUT2D eigenvalue weighted by atomic mass is 28.3. The maximum absolute atomic E-state index is 11.4. The molecule has 6 heavy (non-hydrogen) atoms. The Morgan fingerprint density at radius 2 is 1.33 bits per heavy atom. The van der Waals surface area contributed by atoms with Crippen LogP contribution in [0.5, 0.6) is 0 Å². The maximum atomic E-state index is 11.4. The van der Waals surface area contributed by atoms with E-state index in [1.54, 1.807) is 0 Å². The summed E-state index contributed by atoms with van der Waals surface area (Å²) in [4.78, 5) is 0. The average molecular weight is 118 g/mol. The van der Waals surface area contributed by atoms with Crippen LogP contribution in [0.1, 0.15) is 0 Å². The third-order valence-corrected chi connectivity index (χ3v) is 2.82. The molecule has 1 aliphatic rings. The fourth-order valence-corrected chi connectivity index (χ4v) is 1.52. The fraction of sp³-hybridized carbons (Fsp3) is 0. The molecule has 0 nitrogen and oxygen atoms in total. The van der Waals surface area contributed by atoms with Gasteiger partial charge in [0.25, 0.3) is 0 Å². The van der Waals surface area contributed by atoms with Crippen molar-refractivity contribution >= 4 is 19.0 Å². The van der Waals surface area contributed by atoms with E-state index in [0.717, 1.165) is 0 Å². The summed E-state index contributed by atoms with van der Waals surface area (Å²) in [6, 6.07) is 0. The molecule has 4 heteroatoms. The molecule has 0 aromatic heterocycles. The summed E-state index contributed by atoms with van der Waals surface area (Å²) in [5.41, 5.74) is -0.347. The van der Waals surface area contributed by atoms with Gasteiger partial charge >= 0.3 is 0 Å². The maximum Gasteiger partial charge on any atom is 0.136 e. The molecule has 0 aromatic carbocycles. The van der Waals surface area contributed by atoms with Crippen LogP contribution in [-0.2, 0) is 0 Å². The van der Waals surface area contributed by atoms with E-state index in [1.165, 1.54) is 0 Å². The monoisotopic (exact) mass is 118 g/mol. The molecule has 0 bridgehead atoms. The number of rotatable bonds is 0. The van der Waals surface area contributed by atoms with E-state index in [-0.39, 0.29) is 29.9 Å². The Bertz CT molecular complexity index is 45.5. The summed E-state index contributed by atoms with van der Waals surface area (Å²) < 4.78 is 22.9. The number of hydrogen-bond acceptors (Lipinski definition) is 0. The summed E-state index contributed by atoms with van der Waals surface area (Å²) in [5.74, 6) is 0. The van der Waals surface area contributed by atoms with Gasteiger partial charge in [-0.1, -0.05) is 0 Å². The van der Waals surface area contributed by atoms with E-state index in [1.807, 2.05) is 0 Å². The zero-order chi connectivity index (χ0) is 4.57. The van der Waals surface area contributed by atoms with Gasteiger partial charge < -0.3 is 0 Å². The van der Waals surface area contributed by atoms with Crippen LogP contribution in [0, 0.1) is 10.8 Å². The Balaban J connectivity index is 2.11. The van der Waals surface area contributed by atoms with Crippen molar-refractivity contribution in [3.05, 3.63) is 10.8 Å². The lowest BCUT2D eigenvalue weighted by atomic mass is 11.6. The van der Waals surface area contributed by atoms with Crippen LogP contribution >= 0.6 is 0 Å². The highest BCUT2D eigenvalue weighted by Gasteiger charge is 2.33. The van der Waals surface area contributed by atoms with Gasteiger partial charge in [-0.25, -0.2) is 8.78 Å². The van der Waals surface area contributed by atoms with Crippen LogP contribution in [-0.4, -0.2) is 19.0 Å². The van der Waals surface area contributed by atoms with Crippen molar-refractivity contribution in [1.82, 2.24) is 0 Å². The van der Waals surface area contributed by atoms with E-state index >= 15 is 0 Å². The molecule has 0 aliphatic carbocycles. The standard InChI is InChI=1S/C2F2Si2/c3-1-5-2(4)6-1. The lowest BCUT2D eigenvalue weighted by Crippen LogP contribution is -2.33. The highest BCUT2D eigenvalue weighted by Crippen LogP contribution is 2.20. The van der Waals surface area contributed by atoms with E-state index < -0.39 is 0 Å². The molecule has 6 radical (unpaired) electrons. The first kappa shape index (κ1) is 4.45. The highest BCUT2D eigenvalue weighted by molar-refractivity contribution is 6.90. The minimum absolute atomic E-state index is 0.174. The molecule has 0 aromatic rings. The Kier molecular flexibility index (Phi) is 1.05. The summed E-state index contributed by atoms with van der Waals surface area (Å²) in [5, 5.41) is 0. The van der Waals surface area contributed by atoms with Gasteiger partial charge in [0.1, 0.15) is 29.9 Å². The summed E-state index contributed by atoms with van der Waals surface area (Å²) in [7, 11) is -0.438. The Hall–Kier alpha value is 0.294.